The van der Waals surface area contributed by atoms with Gasteiger partial charge in [0.25, 0.3) is 21.6 Å². The lowest BCUT2D eigenvalue weighted by Gasteiger charge is -2.09. The Labute approximate surface area is 214 Å². The van der Waals surface area contributed by atoms with Crippen molar-refractivity contribution in [3.05, 3.63) is 92.8 Å². The van der Waals surface area contributed by atoms with Crippen molar-refractivity contribution in [3.63, 3.8) is 0 Å². The quantitative estimate of drug-likeness (QED) is 0.214. The minimum Gasteiger partial charge on any atom is -0.468 e. The van der Waals surface area contributed by atoms with Crippen LogP contribution in [-0.4, -0.2) is 36.9 Å². The predicted octanol–water partition coefficient (Wildman–Crippen LogP) is 3.63. The molecule has 0 aliphatic rings. The minimum atomic E-state index is -3.88. The second-order valence-corrected chi connectivity index (χ2v) is 10.6. The van der Waals surface area contributed by atoms with Gasteiger partial charge in [0.1, 0.15) is 6.54 Å². The summed E-state index contributed by atoms with van der Waals surface area (Å²) in [6.07, 6.45) is 0. The van der Waals surface area contributed by atoms with Crippen LogP contribution in [0.3, 0.4) is 0 Å². The molecule has 0 spiro atoms. The zero-order valence-electron chi connectivity index (χ0n) is 19.6. The molecule has 4 rings (SSSR count). The Bertz CT molecular complexity index is 1710. The van der Waals surface area contributed by atoms with Crippen LogP contribution in [0.2, 0.25) is 0 Å². The molecule has 0 bridgehead atoms. The number of esters is 1. The van der Waals surface area contributed by atoms with E-state index in [2.05, 4.69) is 9.71 Å². The Morgan fingerprint density at radius 1 is 1.11 bits per heavy atom. The Kier molecular flexibility index (Phi) is 7.18. The molecule has 0 aliphatic heterocycles. The summed E-state index contributed by atoms with van der Waals surface area (Å²) in [5.74, 6) is -1.30. The lowest BCUT2D eigenvalue weighted by Crippen LogP contribution is -2.22. The second-order valence-electron chi connectivity index (χ2n) is 7.87. The number of rotatable bonds is 7. The second kappa shape index (κ2) is 10.3. The number of benzene rings is 3. The molecule has 13 heteroatoms. The smallest absolute Gasteiger partial charge is 0.325 e. The van der Waals surface area contributed by atoms with Gasteiger partial charge < -0.3 is 9.30 Å². The number of aryl methyl sites for hydroxylation is 1. The van der Waals surface area contributed by atoms with Crippen LogP contribution in [0.15, 0.2) is 76.6 Å². The molecule has 1 amide bonds. The van der Waals surface area contributed by atoms with Gasteiger partial charge in [-0.1, -0.05) is 35.1 Å². The number of nitrogens with one attached hydrogen (secondary N) is 1. The summed E-state index contributed by atoms with van der Waals surface area (Å²) in [7, 11) is -2.67. The normalized spacial score (nSPS) is 11.9. The van der Waals surface area contributed by atoms with Gasteiger partial charge in [0.05, 0.1) is 27.1 Å². The highest BCUT2D eigenvalue weighted by atomic mass is 32.2. The van der Waals surface area contributed by atoms with Crippen molar-refractivity contribution in [2.24, 2.45) is 4.99 Å². The third kappa shape index (κ3) is 5.73. The molecule has 1 aromatic heterocycles. The first-order chi connectivity index (χ1) is 17.6. The average Bonchev–Trinajstić information content (AvgIpc) is 3.19. The first kappa shape index (κ1) is 25.7. The Morgan fingerprint density at radius 2 is 1.84 bits per heavy atom. The number of carbonyl (C=O) groups is 2. The Morgan fingerprint density at radius 3 is 2.51 bits per heavy atom. The zero-order chi connectivity index (χ0) is 26.7. The lowest BCUT2D eigenvalue weighted by molar-refractivity contribution is -0.384. The van der Waals surface area contributed by atoms with E-state index in [0.29, 0.717) is 10.2 Å². The number of methoxy groups -OCH3 is 1. The number of anilines is 1. The van der Waals surface area contributed by atoms with Crippen LogP contribution in [0, 0.1) is 17.0 Å². The topological polar surface area (TPSA) is 150 Å². The van der Waals surface area contributed by atoms with Crippen LogP contribution in [0.4, 0.5) is 11.4 Å². The summed E-state index contributed by atoms with van der Waals surface area (Å²) >= 11 is 0.995. The number of non-ortho nitro benzene ring substituents is 1. The van der Waals surface area contributed by atoms with Gasteiger partial charge in [-0.15, -0.1) is 0 Å². The molecule has 0 aliphatic carbocycles. The number of nitrogens with zero attached hydrogens (tertiary/aromatic N) is 3. The molecule has 37 heavy (non-hydrogen) atoms. The number of amides is 1. The molecule has 0 radical (unpaired) electrons. The number of fused-ring (bicyclic) bond motifs is 1. The standard InChI is InChI=1S/C24H20N4O7S2/c1-15-6-9-19(10-7-15)37(33,34)26-17-5-3-4-16(12-17)23(30)25-24-27(14-22(29)35-2)20-11-8-18(28(31)32)13-21(20)36-24/h3-13,26H,14H2,1-2H3. The summed E-state index contributed by atoms with van der Waals surface area (Å²) < 4.78 is 34.5. The average molecular weight is 541 g/mol. The van der Waals surface area contributed by atoms with E-state index in [0.717, 1.165) is 16.9 Å². The molecule has 0 atom stereocenters. The van der Waals surface area contributed by atoms with E-state index in [1.54, 1.807) is 12.1 Å². The van der Waals surface area contributed by atoms with E-state index in [1.165, 1.54) is 66.3 Å². The van der Waals surface area contributed by atoms with Gasteiger partial charge in [0.15, 0.2) is 4.80 Å². The molecule has 190 valence electrons. The van der Waals surface area contributed by atoms with Crippen molar-refractivity contribution in [3.8, 4) is 0 Å². The van der Waals surface area contributed by atoms with E-state index in [-0.39, 0.29) is 33.2 Å². The number of nitro groups is 1. The van der Waals surface area contributed by atoms with Crippen molar-refractivity contribution in [2.45, 2.75) is 18.4 Å². The first-order valence-corrected chi connectivity index (χ1v) is 13.0. The Balaban J connectivity index is 1.71. The molecule has 0 fully saturated rings. The molecule has 1 N–H and O–H groups in total. The summed E-state index contributed by atoms with van der Waals surface area (Å²) in [5.41, 5.74) is 1.49. The molecule has 1 heterocycles. The SMILES string of the molecule is COC(=O)Cn1c(=NC(=O)c2cccc(NS(=O)(=O)c3ccc(C)cc3)c2)sc2cc([N+](=O)[O-])ccc21. The number of ether oxygens (including phenoxy) is 1. The minimum absolute atomic E-state index is 0.0720. The van der Waals surface area contributed by atoms with Gasteiger partial charge in [-0.25, -0.2) is 8.42 Å². The van der Waals surface area contributed by atoms with Crippen LogP contribution >= 0.6 is 11.3 Å². The predicted molar refractivity (Wildman–Crippen MR) is 137 cm³/mol. The maximum Gasteiger partial charge on any atom is 0.325 e. The third-order valence-electron chi connectivity index (χ3n) is 5.28. The van der Waals surface area contributed by atoms with E-state index in [4.69, 9.17) is 4.74 Å². The van der Waals surface area contributed by atoms with E-state index in [1.807, 2.05) is 6.92 Å². The van der Waals surface area contributed by atoms with Crippen molar-refractivity contribution in [1.29, 1.82) is 0 Å². The molecule has 0 saturated heterocycles. The highest BCUT2D eigenvalue weighted by Gasteiger charge is 2.17. The number of sulfonamides is 1. The van der Waals surface area contributed by atoms with Crippen LogP contribution in [0.25, 0.3) is 10.2 Å². The molecule has 0 saturated carbocycles. The van der Waals surface area contributed by atoms with Crippen molar-refractivity contribution in [2.75, 3.05) is 11.8 Å². The number of hydrogen-bond donors (Lipinski definition) is 1. The fourth-order valence-corrected chi connectivity index (χ4v) is 5.52. The Hall–Kier alpha value is -4.36. The maximum atomic E-state index is 13.0. The molecule has 11 nitrogen and oxygen atoms in total. The number of nitro benzene ring substituents is 1. The monoisotopic (exact) mass is 540 g/mol. The fraction of sp³-hybridized carbons (Fsp3) is 0.125. The van der Waals surface area contributed by atoms with Crippen LogP contribution in [0.1, 0.15) is 15.9 Å². The van der Waals surface area contributed by atoms with E-state index < -0.39 is 26.8 Å². The van der Waals surface area contributed by atoms with Gasteiger partial charge in [-0.05, 0) is 43.3 Å². The van der Waals surface area contributed by atoms with E-state index in [9.17, 15) is 28.1 Å². The molecule has 4 aromatic rings. The first-order valence-electron chi connectivity index (χ1n) is 10.7. The fourth-order valence-electron chi connectivity index (χ4n) is 3.41. The zero-order valence-corrected chi connectivity index (χ0v) is 21.2. The van der Waals surface area contributed by atoms with Gasteiger partial charge in [-0.2, -0.15) is 4.99 Å². The summed E-state index contributed by atoms with van der Waals surface area (Å²) in [6, 6.07) is 16.2. The maximum absolute atomic E-state index is 13.0. The largest absolute Gasteiger partial charge is 0.468 e. The molecular formula is C24H20N4O7S2. The van der Waals surface area contributed by atoms with Crippen LogP contribution in [-0.2, 0) is 26.1 Å². The van der Waals surface area contributed by atoms with Crippen molar-refractivity contribution >= 4 is 54.8 Å². The van der Waals surface area contributed by atoms with Gasteiger partial charge in [-0.3, -0.25) is 24.4 Å². The van der Waals surface area contributed by atoms with Crippen molar-refractivity contribution < 1.29 is 27.7 Å². The van der Waals surface area contributed by atoms with Gasteiger partial charge in [0.2, 0.25) is 0 Å². The number of hydrogen-bond acceptors (Lipinski definition) is 8. The van der Waals surface area contributed by atoms with Gasteiger partial charge >= 0.3 is 5.97 Å². The van der Waals surface area contributed by atoms with Crippen molar-refractivity contribution in [1.82, 2.24) is 4.57 Å². The highest BCUT2D eigenvalue weighted by molar-refractivity contribution is 7.92. The number of aromatic nitrogens is 1. The van der Waals surface area contributed by atoms with E-state index >= 15 is 0 Å². The molecule has 0 unspecified atom stereocenters. The number of carbonyl (C=O) groups excluding carboxylic acids is 2. The van der Waals surface area contributed by atoms with Gasteiger partial charge in [0, 0.05) is 23.4 Å². The molecule has 3 aromatic carbocycles. The summed E-state index contributed by atoms with van der Waals surface area (Å²) in [6.45, 7) is 1.58. The summed E-state index contributed by atoms with van der Waals surface area (Å²) in [4.78, 5) is 39.9. The third-order valence-corrected chi connectivity index (χ3v) is 7.72. The van der Waals surface area contributed by atoms with Crippen LogP contribution < -0.4 is 9.52 Å². The number of thiazole rings is 1. The van der Waals surface area contributed by atoms with Crippen LogP contribution in [0.5, 0.6) is 0 Å². The lowest BCUT2D eigenvalue weighted by atomic mass is 10.2. The summed E-state index contributed by atoms with van der Waals surface area (Å²) in [5, 5.41) is 11.2. The highest BCUT2D eigenvalue weighted by Crippen LogP contribution is 2.24. The molecular weight excluding hydrogens is 520 g/mol.